The lowest BCUT2D eigenvalue weighted by Gasteiger charge is -2.24. The van der Waals surface area contributed by atoms with Gasteiger partial charge in [0.1, 0.15) is 5.75 Å². The number of nitrogens with one attached hydrogen (secondary N) is 1. The van der Waals surface area contributed by atoms with E-state index in [0.717, 1.165) is 30.0 Å². The zero-order valence-corrected chi connectivity index (χ0v) is 14.5. The lowest BCUT2D eigenvalue weighted by atomic mass is 9.91. The average molecular weight is 340 g/mol. The molecule has 6 heteroatoms. The molecule has 2 aromatic rings. The van der Waals surface area contributed by atoms with E-state index in [0.29, 0.717) is 18.5 Å². The van der Waals surface area contributed by atoms with Gasteiger partial charge in [0, 0.05) is 37.0 Å². The summed E-state index contributed by atoms with van der Waals surface area (Å²) in [7, 11) is 1.65. The van der Waals surface area contributed by atoms with Crippen LogP contribution in [0.4, 0.5) is 4.79 Å². The minimum Gasteiger partial charge on any atom is -0.497 e. The number of hydrogen-bond donors (Lipinski definition) is 1. The molecule has 1 aliphatic heterocycles. The Morgan fingerprint density at radius 2 is 2.32 bits per heavy atom. The van der Waals surface area contributed by atoms with Crippen LogP contribution in [0.25, 0.3) is 5.69 Å². The number of hydrogen-bond acceptors (Lipinski definition) is 3. The molecule has 1 aromatic heterocycles. The standard InChI is InChI=1S/C19H24N4O2/c1-25-18-7-3-6-17(9-18)23-13-15(11-21-23)10-20-19(24)22-12-14-4-2-5-16(22)8-14/h3,6-7,9,11,13-14,16H,2,4-5,8,10,12H2,1H3,(H,20,24)/t14-,16+/m1/s1. The smallest absolute Gasteiger partial charge is 0.317 e. The van der Waals surface area contributed by atoms with Crippen LogP contribution in [0.15, 0.2) is 36.7 Å². The van der Waals surface area contributed by atoms with Crippen molar-refractivity contribution < 1.29 is 9.53 Å². The van der Waals surface area contributed by atoms with Crippen molar-refractivity contribution in [2.24, 2.45) is 5.92 Å². The van der Waals surface area contributed by atoms with Crippen molar-refractivity contribution in [3.05, 3.63) is 42.2 Å². The molecule has 25 heavy (non-hydrogen) atoms. The number of rotatable bonds is 4. The fourth-order valence-electron chi connectivity index (χ4n) is 4.01. The third kappa shape index (κ3) is 3.34. The van der Waals surface area contributed by atoms with Gasteiger partial charge in [-0.1, -0.05) is 12.5 Å². The van der Waals surface area contributed by atoms with Crippen LogP contribution in [0.5, 0.6) is 5.75 Å². The summed E-state index contributed by atoms with van der Waals surface area (Å²) in [4.78, 5) is 14.5. The Kier molecular flexibility index (Phi) is 4.34. The summed E-state index contributed by atoms with van der Waals surface area (Å²) in [6, 6.07) is 8.24. The average Bonchev–Trinajstić information content (AvgIpc) is 3.24. The molecule has 2 fully saturated rings. The van der Waals surface area contributed by atoms with Gasteiger partial charge in [-0.25, -0.2) is 9.48 Å². The summed E-state index contributed by atoms with van der Waals surface area (Å²) >= 11 is 0. The maximum absolute atomic E-state index is 12.5. The number of nitrogens with zero attached hydrogens (tertiary/aromatic N) is 3. The summed E-state index contributed by atoms with van der Waals surface area (Å²) in [6.45, 7) is 1.41. The summed E-state index contributed by atoms with van der Waals surface area (Å²) < 4.78 is 7.05. The molecule has 2 amide bonds. The van der Waals surface area contributed by atoms with Crippen molar-refractivity contribution in [2.75, 3.05) is 13.7 Å². The molecule has 0 radical (unpaired) electrons. The number of fused-ring (bicyclic) bond motifs is 2. The van der Waals surface area contributed by atoms with E-state index in [4.69, 9.17) is 4.74 Å². The summed E-state index contributed by atoms with van der Waals surface area (Å²) in [5, 5.41) is 7.44. The Bertz CT molecular complexity index is 757. The van der Waals surface area contributed by atoms with Crippen molar-refractivity contribution in [1.82, 2.24) is 20.0 Å². The number of ether oxygens (including phenoxy) is 1. The van der Waals surface area contributed by atoms with Crippen LogP contribution >= 0.6 is 0 Å². The fraction of sp³-hybridized carbons (Fsp3) is 0.474. The first-order valence-electron chi connectivity index (χ1n) is 8.95. The Labute approximate surface area is 147 Å². The second-order valence-electron chi connectivity index (χ2n) is 6.99. The van der Waals surface area contributed by atoms with E-state index in [9.17, 15) is 4.79 Å². The normalized spacial score (nSPS) is 22.0. The van der Waals surface area contributed by atoms with E-state index in [-0.39, 0.29) is 6.03 Å². The Morgan fingerprint density at radius 3 is 3.16 bits per heavy atom. The van der Waals surface area contributed by atoms with Gasteiger partial charge in [0.15, 0.2) is 0 Å². The topological polar surface area (TPSA) is 59.4 Å². The maximum atomic E-state index is 12.5. The van der Waals surface area contributed by atoms with Crippen LogP contribution < -0.4 is 10.1 Å². The number of amides is 2. The molecule has 1 aromatic carbocycles. The number of aromatic nitrogens is 2. The highest BCUT2D eigenvalue weighted by Gasteiger charge is 2.37. The van der Waals surface area contributed by atoms with Gasteiger partial charge in [-0.3, -0.25) is 0 Å². The van der Waals surface area contributed by atoms with Gasteiger partial charge < -0.3 is 15.0 Å². The number of carbonyl (C=O) groups excluding carboxylic acids is 1. The molecule has 132 valence electrons. The second-order valence-corrected chi connectivity index (χ2v) is 6.99. The second kappa shape index (κ2) is 6.78. The minimum atomic E-state index is 0.0588. The number of carbonyl (C=O) groups is 1. The van der Waals surface area contributed by atoms with E-state index >= 15 is 0 Å². The maximum Gasteiger partial charge on any atom is 0.317 e. The van der Waals surface area contributed by atoms with E-state index in [1.807, 2.05) is 35.4 Å². The quantitative estimate of drug-likeness (QED) is 0.931. The van der Waals surface area contributed by atoms with Crippen molar-refractivity contribution in [1.29, 1.82) is 0 Å². The number of benzene rings is 1. The van der Waals surface area contributed by atoms with Crippen LogP contribution in [0.1, 0.15) is 31.2 Å². The van der Waals surface area contributed by atoms with Crippen LogP contribution in [0.3, 0.4) is 0 Å². The molecule has 2 heterocycles. The molecule has 1 aliphatic carbocycles. The predicted octanol–water partition coefficient (Wildman–Crippen LogP) is 2.96. The monoisotopic (exact) mass is 340 g/mol. The highest BCUT2D eigenvalue weighted by Crippen LogP contribution is 2.35. The largest absolute Gasteiger partial charge is 0.497 e. The minimum absolute atomic E-state index is 0.0588. The first-order chi connectivity index (χ1) is 12.2. The van der Waals surface area contributed by atoms with Crippen molar-refractivity contribution in [3.63, 3.8) is 0 Å². The van der Waals surface area contributed by atoms with Crippen LogP contribution in [-0.2, 0) is 6.54 Å². The van der Waals surface area contributed by atoms with Crippen molar-refractivity contribution in [2.45, 2.75) is 38.3 Å². The summed E-state index contributed by atoms with van der Waals surface area (Å²) in [5.41, 5.74) is 1.92. The lowest BCUT2D eigenvalue weighted by molar-refractivity contribution is 0.190. The molecule has 1 N–H and O–H groups in total. The molecule has 0 spiro atoms. The molecule has 0 unspecified atom stereocenters. The Morgan fingerprint density at radius 1 is 1.40 bits per heavy atom. The number of likely N-dealkylation sites (tertiary alicyclic amines) is 1. The van der Waals surface area contributed by atoms with E-state index in [1.165, 1.54) is 19.3 Å². The van der Waals surface area contributed by atoms with E-state index in [1.54, 1.807) is 18.0 Å². The molecule has 1 saturated carbocycles. The van der Waals surface area contributed by atoms with Gasteiger partial charge in [0.25, 0.3) is 0 Å². The molecule has 1 saturated heterocycles. The lowest BCUT2D eigenvalue weighted by Crippen LogP contribution is -2.42. The van der Waals surface area contributed by atoms with E-state index in [2.05, 4.69) is 10.4 Å². The van der Waals surface area contributed by atoms with Gasteiger partial charge in [-0.2, -0.15) is 5.10 Å². The molecule has 2 aliphatic rings. The van der Waals surface area contributed by atoms with Gasteiger partial charge in [0.2, 0.25) is 0 Å². The van der Waals surface area contributed by atoms with Crippen molar-refractivity contribution in [3.8, 4) is 11.4 Å². The predicted molar refractivity (Wildman–Crippen MR) is 94.8 cm³/mol. The Balaban J connectivity index is 1.37. The molecule has 6 nitrogen and oxygen atoms in total. The molecule has 2 atom stereocenters. The van der Waals surface area contributed by atoms with Gasteiger partial charge >= 0.3 is 6.03 Å². The summed E-state index contributed by atoms with van der Waals surface area (Å²) in [6.07, 6.45) is 8.60. The van der Waals surface area contributed by atoms with Crippen LogP contribution in [0.2, 0.25) is 0 Å². The first-order valence-corrected chi connectivity index (χ1v) is 8.95. The van der Waals surface area contributed by atoms with Gasteiger partial charge in [0.05, 0.1) is 19.0 Å². The third-order valence-corrected chi connectivity index (χ3v) is 5.31. The zero-order valence-electron chi connectivity index (χ0n) is 14.5. The van der Waals surface area contributed by atoms with Gasteiger partial charge in [-0.15, -0.1) is 0 Å². The van der Waals surface area contributed by atoms with Crippen LogP contribution in [-0.4, -0.2) is 40.4 Å². The van der Waals surface area contributed by atoms with Gasteiger partial charge in [-0.05, 0) is 37.3 Å². The summed E-state index contributed by atoms with van der Waals surface area (Å²) in [5.74, 6) is 1.50. The molecule has 4 rings (SSSR count). The Hall–Kier alpha value is -2.50. The third-order valence-electron chi connectivity index (χ3n) is 5.31. The number of urea groups is 1. The zero-order chi connectivity index (χ0) is 17.2. The van der Waals surface area contributed by atoms with Crippen molar-refractivity contribution >= 4 is 6.03 Å². The first kappa shape index (κ1) is 16.0. The number of methoxy groups -OCH3 is 1. The molecular formula is C19H24N4O2. The molecule has 2 bridgehead atoms. The molecular weight excluding hydrogens is 316 g/mol. The highest BCUT2D eigenvalue weighted by molar-refractivity contribution is 5.75. The fourth-order valence-corrected chi connectivity index (χ4v) is 4.01. The van der Waals surface area contributed by atoms with E-state index < -0.39 is 0 Å². The highest BCUT2D eigenvalue weighted by atomic mass is 16.5. The van der Waals surface area contributed by atoms with Crippen LogP contribution in [0, 0.1) is 5.92 Å². The SMILES string of the molecule is COc1cccc(-n2cc(CNC(=O)N3C[C@@H]4CCC[C@H]3C4)cn2)c1.